The van der Waals surface area contributed by atoms with Crippen molar-refractivity contribution in [2.45, 2.75) is 45.5 Å². The Balaban J connectivity index is 1.48. The van der Waals surface area contributed by atoms with Gasteiger partial charge in [0, 0.05) is 24.3 Å². The third kappa shape index (κ3) is 3.59. The number of nitrogens with one attached hydrogen (secondary N) is 1. The molecule has 2 N–H and O–H groups in total. The Kier molecular flexibility index (Phi) is 4.99. The Hall–Kier alpha value is -3.52. The molecule has 0 aliphatic heterocycles. The molecule has 3 heterocycles. The van der Waals surface area contributed by atoms with Crippen LogP contribution in [0.5, 0.6) is 0 Å². The topological polar surface area (TPSA) is 97.9 Å². The highest BCUT2D eigenvalue weighted by Crippen LogP contribution is 2.25. The minimum Gasteiger partial charge on any atom is -0.390 e. The zero-order chi connectivity index (χ0) is 21.4. The molecule has 0 fully saturated rings. The van der Waals surface area contributed by atoms with Crippen LogP contribution in [0.4, 0.5) is 5.69 Å². The quantitative estimate of drug-likeness (QED) is 0.500. The normalized spacial score (nSPS) is 13.6. The Morgan fingerprint density at radius 1 is 1.19 bits per heavy atom. The smallest absolute Gasteiger partial charge is 0.196 e. The summed E-state index contributed by atoms with van der Waals surface area (Å²) in [6, 6.07) is 10.7. The third-order valence-electron chi connectivity index (χ3n) is 5.93. The fourth-order valence-electron chi connectivity index (χ4n) is 4.36. The second-order valence-electron chi connectivity index (χ2n) is 7.92. The number of benzene rings is 1. The molecule has 4 aromatic rings. The number of anilines is 1. The van der Waals surface area contributed by atoms with E-state index in [0.29, 0.717) is 28.8 Å². The van der Waals surface area contributed by atoms with Crippen LogP contribution in [-0.2, 0) is 32.5 Å². The van der Waals surface area contributed by atoms with Crippen molar-refractivity contribution < 1.29 is 5.11 Å². The van der Waals surface area contributed by atoms with E-state index in [1.165, 1.54) is 17.3 Å². The molecular weight excluding hydrogens is 392 g/mol. The molecule has 0 unspecified atom stereocenters. The second-order valence-corrected chi connectivity index (χ2v) is 7.92. The summed E-state index contributed by atoms with van der Waals surface area (Å²) < 4.78 is 3.52. The number of hydrogen-bond donors (Lipinski definition) is 2. The molecule has 0 atom stereocenters. The molecule has 0 amide bonds. The molecular formula is C23H24N6O2. The van der Waals surface area contributed by atoms with E-state index in [0.717, 1.165) is 18.5 Å². The maximum Gasteiger partial charge on any atom is 0.196 e. The maximum absolute atomic E-state index is 13.3. The molecule has 0 spiro atoms. The number of nitrogens with zero attached hydrogens (tertiary/aromatic N) is 5. The first-order valence-electron chi connectivity index (χ1n) is 10.5. The minimum absolute atomic E-state index is 0.0788. The standard InChI is InChI=1S/C23H24N6O2/c1-2-28-12-17(13-29-20(14-30)11-25-27-29)22(31)21-9-19(10-24-23(21)28)26-18-7-15-5-3-4-6-16(15)8-18/h3-6,9-12,18,26,30H,2,7-8,13-14H2,1H3. The van der Waals surface area contributed by atoms with Crippen LogP contribution < -0.4 is 10.7 Å². The summed E-state index contributed by atoms with van der Waals surface area (Å²) in [6.45, 7) is 2.78. The van der Waals surface area contributed by atoms with Crippen LogP contribution in [0.25, 0.3) is 11.0 Å². The summed E-state index contributed by atoms with van der Waals surface area (Å²) in [5.41, 5.74) is 5.33. The molecule has 3 aromatic heterocycles. The first-order valence-corrected chi connectivity index (χ1v) is 10.5. The van der Waals surface area contributed by atoms with Crippen LogP contribution in [0.1, 0.15) is 29.3 Å². The number of aliphatic hydroxyl groups is 1. The number of fused-ring (bicyclic) bond motifs is 2. The molecule has 8 nitrogen and oxygen atoms in total. The monoisotopic (exact) mass is 416 g/mol. The zero-order valence-corrected chi connectivity index (χ0v) is 17.3. The summed E-state index contributed by atoms with van der Waals surface area (Å²) in [4.78, 5) is 17.9. The predicted molar refractivity (Wildman–Crippen MR) is 118 cm³/mol. The highest BCUT2D eigenvalue weighted by Gasteiger charge is 2.21. The van der Waals surface area contributed by atoms with Crippen LogP contribution in [0.2, 0.25) is 0 Å². The van der Waals surface area contributed by atoms with Gasteiger partial charge in [0.2, 0.25) is 0 Å². The first-order chi connectivity index (χ1) is 15.2. The van der Waals surface area contributed by atoms with Gasteiger partial charge in [-0.2, -0.15) is 0 Å². The van der Waals surface area contributed by atoms with Crippen LogP contribution in [0.15, 0.2) is 53.7 Å². The van der Waals surface area contributed by atoms with E-state index < -0.39 is 0 Å². The van der Waals surface area contributed by atoms with E-state index >= 15 is 0 Å². The number of aromatic nitrogens is 5. The molecule has 1 aliphatic rings. The maximum atomic E-state index is 13.3. The van der Waals surface area contributed by atoms with Crippen LogP contribution in [0, 0.1) is 0 Å². The van der Waals surface area contributed by atoms with Crippen LogP contribution in [0.3, 0.4) is 0 Å². The van der Waals surface area contributed by atoms with Crippen molar-refractivity contribution in [1.82, 2.24) is 24.5 Å². The average molecular weight is 416 g/mol. The number of rotatable bonds is 6. The molecule has 0 bridgehead atoms. The summed E-state index contributed by atoms with van der Waals surface area (Å²) >= 11 is 0. The molecule has 8 heteroatoms. The SMILES string of the molecule is CCn1cc(Cn2nncc2CO)c(=O)c2cc(NC3Cc4ccccc4C3)cnc21. The van der Waals surface area contributed by atoms with Crippen molar-refractivity contribution in [2.75, 3.05) is 5.32 Å². The van der Waals surface area contributed by atoms with Crippen molar-refractivity contribution in [2.24, 2.45) is 0 Å². The van der Waals surface area contributed by atoms with Crippen molar-refractivity contribution in [3.63, 3.8) is 0 Å². The lowest BCUT2D eigenvalue weighted by molar-refractivity contribution is 0.269. The van der Waals surface area contributed by atoms with Gasteiger partial charge >= 0.3 is 0 Å². The minimum atomic E-state index is -0.179. The molecule has 158 valence electrons. The zero-order valence-electron chi connectivity index (χ0n) is 17.3. The van der Waals surface area contributed by atoms with Crippen molar-refractivity contribution in [1.29, 1.82) is 0 Å². The number of aryl methyl sites for hydroxylation is 1. The molecule has 0 saturated carbocycles. The van der Waals surface area contributed by atoms with E-state index in [1.807, 2.05) is 23.8 Å². The van der Waals surface area contributed by atoms with Gasteiger partial charge in [-0.15, -0.1) is 5.10 Å². The van der Waals surface area contributed by atoms with Crippen molar-refractivity contribution in [3.05, 3.63) is 81.5 Å². The number of aliphatic hydroxyl groups excluding tert-OH is 1. The first kappa shape index (κ1) is 19.4. The van der Waals surface area contributed by atoms with Crippen molar-refractivity contribution >= 4 is 16.7 Å². The second kappa shape index (κ2) is 7.96. The lowest BCUT2D eigenvalue weighted by Crippen LogP contribution is -2.21. The lowest BCUT2D eigenvalue weighted by Gasteiger charge is -2.16. The summed E-state index contributed by atoms with van der Waals surface area (Å²) in [6.07, 6.45) is 7.05. The molecule has 31 heavy (non-hydrogen) atoms. The third-order valence-corrected chi connectivity index (χ3v) is 5.93. The Bertz CT molecular complexity index is 1280. The van der Waals surface area contributed by atoms with Gasteiger partial charge < -0.3 is 15.0 Å². The van der Waals surface area contributed by atoms with Gasteiger partial charge in [-0.3, -0.25) is 4.79 Å². The van der Waals surface area contributed by atoms with E-state index in [1.54, 1.807) is 10.9 Å². The van der Waals surface area contributed by atoms with Crippen molar-refractivity contribution in [3.8, 4) is 0 Å². The molecule has 1 aliphatic carbocycles. The van der Waals surface area contributed by atoms with E-state index in [4.69, 9.17) is 0 Å². The van der Waals surface area contributed by atoms with Gasteiger partial charge in [0.25, 0.3) is 0 Å². The van der Waals surface area contributed by atoms with Crippen LogP contribution in [-0.4, -0.2) is 35.7 Å². The van der Waals surface area contributed by atoms with Gasteiger partial charge in [-0.1, -0.05) is 29.5 Å². The lowest BCUT2D eigenvalue weighted by atomic mass is 10.1. The highest BCUT2D eigenvalue weighted by molar-refractivity contribution is 5.79. The van der Waals surface area contributed by atoms with Gasteiger partial charge in [0.05, 0.1) is 42.3 Å². The number of pyridine rings is 2. The largest absolute Gasteiger partial charge is 0.390 e. The van der Waals surface area contributed by atoms with Gasteiger partial charge in [0.1, 0.15) is 5.65 Å². The van der Waals surface area contributed by atoms with E-state index in [9.17, 15) is 9.90 Å². The molecule has 5 rings (SSSR count). The van der Waals surface area contributed by atoms with Gasteiger partial charge in [-0.25, -0.2) is 9.67 Å². The summed E-state index contributed by atoms with van der Waals surface area (Å²) in [5, 5.41) is 21.4. The number of hydrogen-bond acceptors (Lipinski definition) is 6. The fraction of sp³-hybridized carbons (Fsp3) is 0.304. The molecule has 1 aromatic carbocycles. The Morgan fingerprint density at radius 2 is 1.97 bits per heavy atom. The fourth-order valence-corrected chi connectivity index (χ4v) is 4.36. The highest BCUT2D eigenvalue weighted by atomic mass is 16.3. The Labute approximate surface area is 179 Å². The summed E-state index contributed by atoms with van der Waals surface area (Å²) in [7, 11) is 0. The van der Waals surface area contributed by atoms with E-state index in [2.05, 4.69) is 44.9 Å². The van der Waals surface area contributed by atoms with Crippen LogP contribution >= 0.6 is 0 Å². The average Bonchev–Trinajstić information content (AvgIpc) is 3.41. The predicted octanol–water partition coefficient (Wildman–Crippen LogP) is 2.13. The van der Waals surface area contributed by atoms with E-state index in [-0.39, 0.29) is 24.6 Å². The van der Waals surface area contributed by atoms with Gasteiger partial charge in [-0.05, 0) is 37.0 Å². The molecule has 0 radical (unpaired) electrons. The molecule has 0 saturated heterocycles. The van der Waals surface area contributed by atoms with Gasteiger partial charge in [0.15, 0.2) is 5.43 Å². The Morgan fingerprint density at radius 3 is 2.68 bits per heavy atom. The summed E-state index contributed by atoms with van der Waals surface area (Å²) in [5.74, 6) is 0.